The van der Waals surface area contributed by atoms with E-state index in [2.05, 4.69) is 11.3 Å². The first-order valence-corrected chi connectivity index (χ1v) is 8.63. The van der Waals surface area contributed by atoms with Crippen molar-refractivity contribution in [2.24, 2.45) is 11.8 Å². The molecule has 0 aromatic carbocycles. The molecule has 3 unspecified atom stereocenters. The van der Waals surface area contributed by atoms with Crippen LogP contribution in [-0.2, 0) is 28.6 Å². The van der Waals surface area contributed by atoms with Gasteiger partial charge in [0.25, 0.3) is 0 Å². The molecule has 0 bridgehead atoms. The third-order valence-electron chi connectivity index (χ3n) is 4.81. The maximum Gasteiger partial charge on any atom is 0.344 e. The molecule has 2 aliphatic rings. The van der Waals surface area contributed by atoms with Gasteiger partial charge >= 0.3 is 17.9 Å². The largest absolute Gasteiger partial charge is 0.460 e. The molecule has 0 aliphatic heterocycles. The predicted octanol–water partition coefficient (Wildman–Crippen LogP) is 2.55. The Morgan fingerprint density at radius 2 is 1.58 bits per heavy atom. The molecule has 0 aromatic heterocycles. The molecule has 2 fully saturated rings. The number of hydrogen-bond donors (Lipinski definition) is 0. The maximum absolute atomic E-state index is 11.8. The first-order chi connectivity index (χ1) is 11.5. The molecule has 0 amide bonds. The van der Waals surface area contributed by atoms with Crippen LogP contribution in [0.2, 0.25) is 0 Å². The van der Waals surface area contributed by atoms with Crippen LogP contribution >= 0.6 is 0 Å². The zero-order chi connectivity index (χ0) is 17.5. The Balaban J connectivity index is 1.63. The lowest BCUT2D eigenvalue weighted by Gasteiger charge is -2.38. The second-order valence-electron chi connectivity index (χ2n) is 6.75. The van der Waals surface area contributed by atoms with Gasteiger partial charge < -0.3 is 14.2 Å². The van der Waals surface area contributed by atoms with E-state index >= 15 is 0 Å². The third-order valence-corrected chi connectivity index (χ3v) is 4.81. The summed E-state index contributed by atoms with van der Waals surface area (Å²) in [4.78, 5) is 34.4. The van der Waals surface area contributed by atoms with E-state index in [1.165, 1.54) is 32.6 Å². The zero-order valence-electron chi connectivity index (χ0n) is 14.3. The van der Waals surface area contributed by atoms with Crippen molar-refractivity contribution in [1.29, 1.82) is 0 Å². The molecule has 0 spiro atoms. The van der Waals surface area contributed by atoms with Crippen molar-refractivity contribution >= 4 is 17.9 Å². The molecule has 2 aliphatic carbocycles. The highest BCUT2D eigenvalue weighted by Crippen LogP contribution is 2.41. The van der Waals surface area contributed by atoms with Gasteiger partial charge in [0, 0.05) is 5.57 Å². The van der Waals surface area contributed by atoms with Crippen molar-refractivity contribution in [2.75, 3.05) is 13.2 Å². The second-order valence-corrected chi connectivity index (χ2v) is 6.75. The molecular formula is C18H26O6. The van der Waals surface area contributed by atoms with Crippen molar-refractivity contribution < 1.29 is 28.6 Å². The number of hydrogen-bond acceptors (Lipinski definition) is 6. The van der Waals surface area contributed by atoms with E-state index in [-0.39, 0.29) is 11.7 Å². The summed E-state index contributed by atoms with van der Waals surface area (Å²) >= 11 is 0. The number of carbonyl (C=O) groups excluding carboxylic acids is 3. The predicted molar refractivity (Wildman–Crippen MR) is 85.9 cm³/mol. The number of rotatable bonds is 6. The van der Waals surface area contributed by atoms with Gasteiger partial charge in [-0.25, -0.2) is 14.4 Å². The van der Waals surface area contributed by atoms with Gasteiger partial charge in [0.15, 0.2) is 13.2 Å². The molecule has 0 aromatic rings. The van der Waals surface area contributed by atoms with Crippen LogP contribution in [0.15, 0.2) is 12.2 Å². The average molecular weight is 338 g/mol. The summed E-state index contributed by atoms with van der Waals surface area (Å²) < 4.78 is 14.8. The van der Waals surface area contributed by atoms with Gasteiger partial charge in [0.1, 0.15) is 6.10 Å². The quantitative estimate of drug-likeness (QED) is 0.421. The summed E-state index contributed by atoms with van der Waals surface area (Å²) in [7, 11) is 0. The Labute approximate surface area is 142 Å². The number of esters is 3. The number of ether oxygens (including phenoxy) is 3. The Morgan fingerprint density at radius 1 is 0.917 bits per heavy atom. The standard InChI is InChI=1S/C18H26O6/c1-12(2)18(21)23-10-16(19)22-11-17(20)24-15-8-7-13-5-3-4-6-14(13)9-15/h13-15H,1,3-11H2,2H3. The third kappa shape index (κ3) is 5.65. The number of carbonyl (C=O) groups is 3. The van der Waals surface area contributed by atoms with Crippen molar-refractivity contribution in [1.82, 2.24) is 0 Å². The smallest absolute Gasteiger partial charge is 0.344 e. The SMILES string of the molecule is C=C(C)C(=O)OCC(=O)OCC(=O)OC1CCC2CCCCC2C1. The Kier molecular flexibility index (Phi) is 6.82. The fraction of sp³-hybridized carbons (Fsp3) is 0.722. The van der Waals surface area contributed by atoms with Gasteiger partial charge in [-0.05, 0) is 38.0 Å². The van der Waals surface area contributed by atoms with Crippen LogP contribution in [0.5, 0.6) is 0 Å². The van der Waals surface area contributed by atoms with E-state index in [1.54, 1.807) is 0 Å². The van der Waals surface area contributed by atoms with E-state index < -0.39 is 31.1 Å². The normalized spacial score (nSPS) is 26.0. The van der Waals surface area contributed by atoms with Crippen LogP contribution in [0.1, 0.15) is 51.9 Å². The molecule has 3 atom stereocenters. The minimum absolute atomic E-state index is 0.0724. The summed E-state index contributed by atoms with van der Waals surface area (Å²) in [6.07, 6.45) is 7.95. The molecule has 0 radical (unpaired) electrons. The van der Waals surface area contributed by atoms with Crippen LogP contribution < -0.4 is 0 Å². The maximum atomic E-state index is 11.8. The molecule has 2 rings (SSSR count). The zero-order valence-corrected chi connectivity index (χ0v) is 14.3. The van der Waals surface area contributed by atoms with Crippen LogP contribution in [0.25, 0.3) is 0 Å². The second kappa shape index (κ2) is 8.85. The Bertz CT molecular complexity index is 498. The van der Waals surface area contributed by atoms with Crippen LogP contribution in [0.3, 0.4) is 0 Å². The Morgan fingerprint density at radius 3 is 2.29 bits per heavy atom. The van der Waals surface area contributed by atoms with Crippen LogP contribution in [0, 0.1) is 11.8 Å². The van der Waals surface area contributed by atoms with E-state index in [0.29, 0.717) is 5.92 Å². The van der Waals surface area contributed by atoms with E-state index in [0.717, 1.165) is 25.2 Å². The summed E-state index contributed by atoms with van der Waals surface area (Å²) in [6, 6.07) is 0. The van der Waals surface area contributed by atoms with Gasteiger partial charge in [-0.3, -0.25) is 0 Å². The van der Waals surface area contributed by atoms with E-state index in [9.17, 15) is 14.4 Å². The lowest BCUT2D eigenvalue weighted by Crippen LogP contribution is -2.34. The molecule has 6 heteroatoms. The lowest BCUT2D eigenvalue weighted by atomic mass is 9.70. The lowest BCUT2D eigenvalue weighted by molar-refractivity contribution is -0.167. The molecule has 0 heterocycles. The number of fused-ring (bicyclic) bond motifs is 1. The van der Waals surface area contributed by atoms with Crippen molar-refractivity contribution in [2.45, 2.75) is 58.0 Å². The molecule has 24 heavy (non-hydrogen) atoms. The van der Waals surface area contributed by atoms with Crippen LogP contribution in [0.4, 0.5) is 0 Å². The van der Waals surface area contributed by atoms with Gasteiger partial charge in [-0.2, -0.15) is 0 Å². The van der Waals surface area contributed by atoms with Gasteiger partial charge in [-0.15, -0.1) is 0 Å². The molecule has 2 saturated carbocycles. The molecule has 0 saturated heterocycles. The highest BCUT2D eigenvalue weighted by Gasteiger charge is 2.33. The summed E-state index contributed by atoms with van der Waals surface area (Å²) in [5.74, 6) is -0.547. The topological polar surface area (TPSA) is 78.9 Å². The molecule has 6 nitrogen and oxygen atoms in total. The monoisotopic (exact) mass is 338 g/mol. The van der Waals surface area contributed by atoms with E-state index in [1.807, 2.05) is 0 Å². The fourth-order valence-electron chi connectivity index (χ4n) is 3.59. The molecular weight excluding hydrogens is 312 g/mol. The highest BCUT2D eigenvalue weighted by atomic mass is 16.6. The first-order valence-electron chi connectivity index (χ1n) is 8.63. The average Bonchev–Trinajstić information content (AvgIpc) is 2.57. The minimum Gasteiger partial charge on any atom is -0.460 e. The van der Waals surface area contributed by atoms with Gasteiger partial charge in [-0.1, -0.05) is 32.3 Å². The van der Waals surface area contributed by atoms with Crippen LogP contribution in [-0.4, -0.2) is 37.2 Å². The summed E-state index contributed by atoms with van der Waals surface area (Å²) in [6.45, 7) is 3.89. The highest BCUT2D eigenvalue weighted by molar-refractivity contribution is 5.88. The van der Waals surface area contributed by atoms with Crippen molar-refractivity contribution in [3.05, 3.63) is 12.2 Å². The summed E-state index contributed by atoms with van der Waals surface area (Å²) in [5, 5.41) is 0. The fourth-order valence-corrected chi connectivity index (χ4v) is 3.59. The Hall–Kier alpha value is -1.85. The minimum atomic E-state index is -0.780. The first kappa shape index (κ1) is 18.5. The van der Waals surface area contributed by atoms with Crippen molar-refractivity contribution in [3.8, 4) is 0 Å². The molecule has 134 valence electrons. The van der Waals surface area contributed by atoms with Crippen molar-refractivity contribution in [3.63, 3.8) is 0 Å². The van der Waals surface area contributed by atoms with Gasteiger partial charge in [0.2, 0.25) is 0 Å². The van der Waals surface area contributed by atoms with Gasteiger partial charge in [0.05, 0.1) is 0 Å². The molecule has 0 N–H and O–H groups in total. The summed E-state index contributed by atoms with van der Waals surface area (Å²) in [5.41, 5.74) is 0.195. The van der Waals surface area contributed by atoms with E-state index in [4.69, 9.17) is 9.47 Å².